The van der Waals surface area contributed by atoms with Gasteiger partial charge < -0.3 is 9.84 Å². The Morgan fingerprint density at radius 3 is 2.78 bits per heavy atom. The molecule has 0 bridgehead atoms. The largest absolute Gasteiger partial charge is 0.478 e. The molecule has 0 radical (unpaired) electrons. The van der Waals surface area contributed by atoms with Crippen molar-refractivity contribution in [2.45, 2.75) is 52.1 Å². The van der Waals surface area contributed by atoms with Crippen molar-refractivity contribution in [1.29, 1.82) is 0 Å². The van der Waals surface area contributed by atoms with Gasteiger partial charge in [0.1, 0.15) is 0 Å². The zero-order valence-electron chi connectivity index (χ0n) is 11.2. The molecule has 3 nitrogen and oxygen atoms in total. The molecule has 0 heterocycles. The molecule has 1 unspecified atom stereocenters. The molecule has 0 amide bonds. The van der Waals surface area contributed by atoms with Gasteiger partial charge in [-0.15, -0.1) is 0 Å². The summed E-state index contributed by atoms with van der Waals surface area (Å²) in [6, 6.07) is 0. The second-order valence-electron chi connectivity index (χ2n) is 5.95. The van der Waals surface area contributed by atoms with Crippen LogP contribution in [0, 0.1) is 5.41 Å². The van der Waals surface area contributed by atoms with Gasteiger partial charge in [0.2, 0.25) is 0 Å². The molecule has 3 heteroatoms. The van der Waals surface area contributed by atoms with E-state index >= 15 is 0 Å². The van der Waals surface area contributed by atoms with Crippen LogP contribution in [0.1, 0.15) is 46.0 Å². The van der Waals surface area contributed by atoms with Gasteiger partial charge >= 0.3 is 5.97 Å². The minimum atomic E-state index is -0.769. The molecule has 0 spiro atoms. The maximum Gasteiger partial charge on any atom is 0.331 e. The van der Waals surface area contributed by atoms with E-state index in [0.717, 1.165) is 31.3 Å². The molecule has 0 aromatic rings. The average Bonchev–Trinajstić information content (AvgIpc) is 2.66. The van der Waals surface area contributed by atoms with Crippen molar-refractivity contribution in [2.24, 2.45) is 5.41 Å². The Morgan fingerprint density at radius 1 is 1.44 bits per heavy atom. The van der Waals surface area contributed by atoms with E-state index in [2.05, 4.69) is 26.0 Å². The molecule has 2 aliphatic carbocycles. The van der Waals surface area contributed by atoms with Gasteiger partial charge in [-0.1, -0.05) is 26.0 Å². The second-order valence-corrected chi connectivity index (χ2v) is 5.95. The van der Waals surface area contributed by atoms with Crippen LogP contribution in [-0.4, -0.2) is 23.8 Å². The number of hydrogen-bond acceptors (Lipinski definition) is 2. The fraction of sp³-hybridized carbons (Fsp3) is 0.667. The number of carbonyl (C=O) groups is 1. The van der Waals surface area contributed by atoms with E-state index in [0.29, 0.717) is 18.6 Å². The first-order valence-electron chi connectivity index (χ1n) is 6.73. The van der Waals surface area contributed by atoms with Crippen molar-refractivity contribution in [3.05, 3.63) is 23.3 Å². The highest BCUT2D eigenvalue weighted by molar-refractivity contribution is 5.87. The Kier molecular flexibility index (Phi) is 3.91. The van der Waals surface area contributed by atoms with E-state index in [1.54, 1.807) is 0 Å². The van der Waals surface area contributed by atoms with Gasteiger partial charge in [-0.3, -0.25) is 0 Å². The standard InChI is InChI=1S/C15H22O3/c1-15(2)9-5-8-13(15)18-10-11-6-3-4-7-12(11)14(16)17/h5,8,13H,3-4,6-7,9-10H2,1-2H3,(H,16,17). The van der Waals surface area contributed by atoms with Crippen LogP contribution in [0.5, 0.6) is 0 Å². The lowest BCUT2D eigenvalue weighted by Crippen LogP contribution is -2.27. The van der Waals surface area contributed by atoms with Crippen LogP contribution in [0.25, 0.3) is 0 Å². The van der Waals surface area contributed by atoms with Crippen LogP contribution in [-0.2, 0) is 9.53 Å². The number of allylic oxidation sites excluding steroid dienone is 1. The van der Waals surface area contributed by atoms with Gasteiger partial charge in [-0.2, -0.15) is 0 Å². The first-order valence-corrected chi connectivity index (χ1v) is 6.73. The Bertz CT molecular complexity index is 391. The molecule has 0 aromatic carbocycles. The van der Waals surface area contributed by atoms with Crippen molar-refractivity contribution < 1.29 is 14.6 Å². The molecule has 1 atom stereocenters. The van der Waals surface area contributed by atoms with Crippen molar-refractivity contribution in [1.82, 2.24) is 0 Å². The topological polar surface area (TPSA) is 46.5 Å². The summed E-state index contributed by atoms with van der Waals surface area (Å²) in [6.07, 6.45) is 9.03. The zero-order chi connectivity index (χ0) is 13.2. The Balaban J connectivity index is 2.00. The number of aliphatic carboxylic acids is 1. The third-order valence-electron chi connectivity index (χ3n) is 4.00. The summed E-state index contributed by atoms with van der Waals surface area (Å²) in [4.78, 5) is 11.2. The highest BCUT2D eigenvalue weighted by Crippen LogP contribution is 2.35. The number of carboxylic acids is 1. The van der Waals surface area contributed by atoms with Crippen LogP contribution < -0.4 is 0 Å². The highest BCUT2D eigenvalue weighted by Gasteiger charge is 2.31. The van der Waals surface area contributed by atoms with Crippen molar-refractivity contribution in [3.63, 3.8) is 0 Å². The lowest BCUT2D eigenvalue weighted by molar-refractivity contribution is -0.133. The summed E-state index contributed by atoms with van der Waals surface area (Å²) >= 11 is 0. The van der Waals surface area contributed by atoms with E-state index in [-0.39, 0.29) is 11.5 Å². The van der Waals surface area contributed by atoms with Gasteiger partial charge in [-0.05, 0) is 43.1 Å². The normalized spacial score (nSPS) is 26.7. The van der Waals surface area contributed by atoms with Gasteiger partial charge in [-0.25, -0.2) is 4.79 Å². The van der Waals surface area contributed by atoms with E-state index < -0.39 is 5.97 Å². The van der Waals surface area contributed by atoms with Crippen LogP contribution in [0.4, 0.5) is 0 Å². The maximum atomic E-state index is 11.2. The summed E-state index contributed by atoms with van der Waals surface area (Å²) in [5, 5.41) is 9.18. The third kappa shape index (κ3) is 2.83. The molecule has 1 N–H and O–H groups in total. The first-order chi connectivity index (χ1) is 8.50. The predicted octanol–water partition coefficient (Wildman–Crippen LogP) is 3.31. The SMILES string of the molecule is CC1(C)CC=CC1OCC1=C(C(=O)O)CCCC1. The van der Waals surface area contributed by atoms with Crippen LogP contribution in [0.15, 0.2) is 23.3 Å². The molecule has 2 rings (SSSR count). The van der Waals surface area contributed by atoms with Crippen molar-refractivity contribution >= 4 is 5.97 Å². The minimum absolute atomic E-state index is 0.113. The minimum Gasteiger partial charge on any atom is -0.478 e. The zero-order valence-corrected chi connectivity index (χ0v) is 11.2. The third-order valence-corrected chi connectivity index (χ3v) is 4.00. The molecule has 0 aromatic heterocycles. The monoisotopic (exact) mass is 250 g/mol. The van der Waals surface area contributed by atoms with E-state index in [9.17, 15) is 9.90 Å². The lowest BCUT2D eigenvalue weighted by Gasteiger charge is -2.28. The summed E-state index contributed by atoms with van der Waals surface area (Å²) in [6.45, 7) is 4.84. The van der Waals surface area contributed by atoms with Crippen molar-refractivity contribution in [3.8, 4) is 0 Å². The average molecular weight is 250 g/mol. The molecule has 0 saturated carbocycles. The van der Waals surface area contributed by atoms with Crippen molar-refractivity contribution in [2.75, 3.05) is 6.61 Å². The summed E-state index contributed by atoms with van der Waals surface area (Å²) in [5.41, 5.74) is 1.71. The molecule has 0 saturated heterocycles. The molecule has 100 valence electrons. The number of hydrogen-bond donors (Lipinski definition) is 1. The Hall–Kier alpha value is -1.09. The lowest BCUT2D eigenvalue weighted by atomic mass is 9.88. The van der Waals surface area contributed by atoms with Gasteiger partial charge in [0, 0.05) is 5.57 Å². The van der Waals surface area contributed by atoms with Crippen LogP contribution >= 0.6 is 0 Å². The summed E-state index contributed by atoms with van der Waals surface area (Å²) in [7, 11) is 0. The molecule has 0 fully saturated rings. The van der Waals surface area contributed by atoms with Gasteiger partial charge in [0.05, 0.1) is 12.7 Å². The maximum absolute atomic E-state index is 11.2. The number of rotatable bonds is 4. The van der Waals surface area contributed by atoms with Gasteiger partial charge in [0.25, 0.3) is 0 Å². The van der Waals surface area contributed by atoms with E-state index in [4.69, 9.17) is 4.74 Å². The molecule has 0 aliphatic heterocycles. The molecule has 18 heavy (non-hydrogen) atoms. The first kappa shape index (κ1) is 13.3. The fourth-order valence-electron chi connectivity index (χ4n) is 2.73. The number of carboxylic acid groups (broad SMARTS) is 1. The van der Waals surface area contributed by atoms with Crippen LogP contribution in [0.3, 0.4) is 0 Å². The fourth-order valence-corrected chi connectivity index (χ4v) is 2.73. The Morgan fingerprint density at radius 2 is 2.17 bits per heavy atom. The summed E-state index contributed by atoms with van der Waals surface area (Å²) < 4.78 is 5.93. The summed E-state index contributed by atoms with van der Waals surface area (Å²) in [5.74, 6) is -0.769. The van der Waals surface area contributed by atoms with Gasteiger partial charge in [0.15, 0.2) is 0 Å². The van der Waals surface area contributed by atoms with E-state index in [1.807, 2.05) is 0 Å². The number of ether oxygens (including phenoxy) is 1. The van der Waals surface area contributed by atoms with Crippen LogP contribution in [0.2, 0.25) is 0 Å². The molecular weight excluding hydrogens is 228 g/mol. The molecular formula is C15H22O3. The second kappa shape index (κ2) is 5.27. The Labute approximate surface area is 109 Å². The smallest absolute Gasteiger partial charge is 0.331 e. The quantitative estimate of drug-likeness (QED) is 0.779. The molecule has 2 aliphatic rings. The van der Waals surface area contributed by atoms with E-state index in [1.165, 1.54) is 0 Å². The predicted molar refractivity (Wildman–Crippen MR) is 70.4 cm³/mol. The highest BCUT2D eigenvalue weighted by atomic mass is 16.5.